The van der Waals surface area contributed by atoms with Crippen LogP contribution in [-0.4, -0.2) is 6.04 Å². The van der Waals surface area contributed by atoms with Gasteiger partial charge >= 0.3 is 0 Å². The third-order valence-electron chi connectivity index (χ3n) is 2.54. The van der Waals surface area contributed by atoms with Crippen LogP contribution >= 0.6 is 0 Å². The monoisotopic (exact) mass is 226 g/mol. The number of rotatable bonds is 5. The van der Waals surface area contributed by atoms with Gasteiger partial charge < -0.3 is 4.42 Å². The number of nitriles is 1. The molecule has 0 saturated carbocycles. The topological polar surface area (TPSA) is 49.0 Å². The average Bonchev–Trinajstić information content (AvgIpc) is 2.89. The van der Waals surface area contributed by atoms with Gasteiger partial charge in [-0.3, -0.25) is 5.32 Å². The summed E-state index contributed by atoms with van der Waals surface area (Å²) in [6, 6.07) is 15.8. The molecule has 1 aromatic carbocycles. The Morgan fingerprint density at radius 2 is 2.00 bits per heavy atom. The van der Waals surface area contributed by atoms with E-state index in [0.717, 1.165) is 11.3 Å². The van der Waals surface area contributed by atoms with Gasteiger partial charge in [-0.1, -0.05) is 30.3 Å². The van der Waals surface area contributed by atoms with Crippen molar-refractivity contribution in [2.45, 2.75) is 19.0 Å². The number of nitrogens with one attached hydrogen (secondary N) is 1. The summed E-state index contributed by atoms with van der Waals surface area (Å²) in [7, 11) is 0. The number of nitrogens with zero attached hydrogens (tertiary/aromatic N) is 1. The van der Waals surface area contributed by atoms with Crippen molar-refractivity contribution in [2.75, 3.05) is 0 Å². The lowest BCUT2D eigenvalue weighted by atomic mass is 10.1. The summed E-state index contributed by atoms with van der Waals surface area (Å²) in [4.78, 5) is 0. The zero-order chi connectivity index (χ0) is 11.9. The highest BCUT2D eigenvalue weighted by Crippen LogP contribution is 2.04. The molecule has 0 aliphatic heterocycles. The maximum Gasteiger partial charge on any atom is 0.117 e. The molecular formula is C14H14N2O. The van der Waals surface area contributed by atoms with E-state index in [9.17, 15) is 0 Å². The summed E-state index contributed by atoms with van der Waals surface area (Å²) in [5, 5.41) is 12.2. The van der Waals surface area contributed by atoms with Crippen LogP contribution in [0.5, 0.6) is 0 Å². The Bertz CT molecular complexity index is 471. The minimum atomic E-state index is -0.192. The molecule has 2 rings (SSSR count). The maximum atomic E-state index is 9.07. The maximum absolute atomic E-state index is 9.07. The summed E-state index contributed by atoms with van der Waals surface area (Å²) < 4.78 is 5.21. The van der Waals surface area contributed by atoms with Crippen molar-refractivity contribution in [3.05, 3.63) is 60.1 Å². The molecule has 1 heterocycles. The molecule has 86 valence electrons. The van der Waals surface area contributed by atoms with Crippen molar-refractivity contribution in [3.8, 4) is 6.07 Å². The van der Waals surface area contributed by atoms with Gasteiger partial charge in [-0.05, 0) is 17.7 Å². The first-order valence-corrected chi connectivity index (χ1v) is 5.58. The lowest BCUT2D eigenvalue weighted by molar-refractivity contribution is 0.469. The second kappa shape index (κ2) is 5.88. The lowest BCUT2D eigenvalue weighted by Gasteiger charge is -2.10. The van der Waals surface area contributed by atoms with Gasteiger partial charge in [0, 0.05) is 6.42 Å². The molecule has 0 saturated heterocycles. The minimum absolute atomic E-state index is 0.192. The molecule has 2 aromatic rings. The molecule has 3 nitrogen and oxygen atoms in total. The van der Waals surface area contributed by atoms with Crippen molar-refractivity contribution in [1.29, 1.82) is 5.26 Å². The second-order valence-electron chi connectivity index (χ2n) is 3.83. The first-order chi connectivity index (χ1) is 8.38. The highest BCUT2D eigenvalue weighted by Gasteiger charge is 2.08. The van der Waals surface area contributed by atoms with Crippen molar-refractivity contribution in [3.63, 3.8) is 0 Å². The Labute approximate surface area is 101 Å². The Balaban J connectivity index is 1.88. The molecule has 0 aliphatic rings. The van der Waals surface area contributed by atoms with Gasteiger partial charge in [-0.2, -0.15) is 5.26 Å². The highest BCUT2D eigenvalue weighted by molar-refractivity contribution is 5.17. The van der Waals surface area contributed by atoms with Crippen LogP contribution in [0.1, 0.15) is 11.3 Å². The Hall–Kier alpha value is -2.05. The molecule has 1 atom stereocenters. The molecule has 0 amide bonds. The normalized spacial score (nSPS) is 11.9. The third kappa shape index (κ3) is 3.47. The van der Waals surface area contributed by atoms with Crippen LogP contribution < -0.4 is 5.32 Å². The number of benzene rings is 1. The van der Waals surface area contributed by atoms with Crippen molar-refractivity contribution >= 4 is 0 Å². The molecule has 1 unspecified atom stereocenters. The average molecular weight is 226 g/mol. The highest BCUT2D eigenvalue weighted by atomic mass is 16.3. The van der Waals surface area contributed by atoms with E-state index >= 15 is 0 Å². The first kappa shape index (κ1) is 11.4. The summed E-state index contributed by atoms with van der Waals surface area (Å²) in [6.45, 7) is 0.581. The van der Waals surface area contributed by atoms with Gasteiger partial charge in [-0.25, -0.2) is 0 Å². The summed E-state index contributed by atoms with van der Waals surface area (Å²) in [5.41, 5.74) is 1.16. The summed E-state index contributed by atoms with van der Waals surface area (Å²) in [6.07, 6.45) is 2.34. The van der Waals surface area contributed by atoms with Crippen molar-refractivity contribution in [2.24, 2.45) is 0 Å². The van der Waals surface area contributed by atoms with E-state index in [1.165, 1.54) is 0 Å². The van der Waals surface area contributed by atoms with E-state index in [1.807, 2.05) is 42.5 Å². The fraction of sp³-hybridized carbons (Fsp3) is 0.214. The predicted molar refractivity (Wildman–Crippen MR) is 65.1 cm³/mol. The molecule has 0 aliphatic carbocycles. The Morgan fingerprint density at radius 3 is 2.65 bits per heavy atom. The lowest BCUT2D eigenvalue weighted by Crippen LogP contribution is -2.28. The van der Waals surface area contributed by atoms with E-state index in [1.54, 1.807) is 6.26 Å². The molecule has 1 aromatic heterocycles. The smallest absolute Gasteiger partial charge is 0.117 e. The molecule has 0 bridgehead atoms. The zero-order valence-electron chi connectivity index (χ0n) is 9.47. The summed E-state index contributed by atoms with van der Waals surface area (Å²) >= 11 is 0. The second-order valence-corrected chi connectivity index (χ2v) is 3.83. The van der Waals surface area contributed by atoms with Crippen molar-refractivity contribution in [1.82, 2.24) is 5.32 Å². The van der Waals surface area contributed by atoms with E-state index in [4.69, 9.17) is 9.68 Å². The van der Waals surface area contributed by atoms with Gasteiger partial charge in [0.1, 0.15) is 5.76 Å². The van der Waals surface area contributed by atoms with E-state index in [0.29, 0.717) is 13.0 Å². The standard InChI is InChI=1S/C14H14N2O/c15-10-13(9-12-5-2-1-3-6-12)16-11-14-7-4-8-17-14/h1-8,13,16H,9,11H2. The fourth-order valence-electron chi connectivity index (χ4n) is 1.65. The number of hydrogen-bond acceptors (Lipinski definition) is 3. The van der Waals surface area contributed by atoms with Crippen LogP contribution in [0.25, 0.3) is 0 Å². The largest absolute Gasteiger partial charge is 0.468 e. The number of furan rings is 1. The van der Waals surface area contributed by atoms with E-state index in [-0.39, 0.29) is 6.04 Å². The first-order valence-electron chi connectivity index (χ1n) is 5.58. The van der Waals surface area contributed by atoms with Crippen LogP contribution in [0, 0.1) is 11.3 Å². The van der Waals surface area contributed by atoms with E-state index < -0.39 is 0 Å². The van der Waals surface area contributed by atoms with Crippen LogP contribution in [0.2, 0.25) is 0 Å². The molecule has 0 fully saturated rings. The summed E-state index contributed by atoms with van der Waals surface area (Å²) in [5.74, 6) is 0.846. The van der Waals surface area contributed by atoms with Gasteiger partial charge in [0.25, 0.3) is 0 Å². The van der Waals surface area contributed by atoms with Crippen LogP contribution in [-0.2, 0) is 13.0 Å². The molecule has 3 heteroatoms. The van der Waals surface area contributed by atoms with Gasteiger partial charge in [0.2, 0.25) is 0 Å². The third-order valence-corrected chi connectivity index (χ3v) is 2.54. The van der Waals surface area contributed by atoms with Crippen molar-refractivity contribution < 1.29 is 4.42 Å². The van der Waals surface area contributed by atoms with Gasteiger partial charge in [0.15, 0.2) is 0 Å². The van der Waals surface area contributed by atoms with E-state index in [2.05, 4.69) is 11.4 Å². The molecule has 0 spiro atoms. The van der Waals surface area contributed by atoms with Crippen LogP contribution in [0.15, 0.2) is 53.1 Å². The molecule has 17 heavy (non-hydrogen) atoms. The zero-order valence-corrected chi connectivity index (χ0v) is 9.47. The predicted octanol–water partition coefficient (Wildman–Crippen LogP) is 2.50. The number of hydrogen-bond donors (Lipinski definition) is 1. The Morgan fingerprint density at radius 1 is 1.18 bits per heavy atom. The van der Waals surface area contributed by atoms with Crippen LogP contribution in [0.3, 0.4) is 0 Å². The molecular weight excluding hydrogens is 212 g/mol. The molecule has 0 radical (unpaired) electrons. The van der Waals surface area contributed by atoms with Gasteiger partial charge in [0.05, 0.1) is 24.9 Å². The fourth-order valence-corrected chi connectivity index (χ4v) is 1.65. The SMILES string of the molecule is N#CC(Cc1ccccc1)NCc1ccco1. The minimum Gasteiger partial charge on any atom is -0.468 e. The Kier molecular flexibility index (Phi) is 3.95. The van der Waals surface area contributed by atoms with Gasteiger partial charge in [-0.15, -0.1) is 0 Å². The molecule has 1 N–H and O–H groups in total. The quantitative estimate of drug-likeness (QED) is 0.852. The van der Waals surface area contributed by atoms with Crippen LogP contribution in [0.4, 0.5) is 0 Å².